The van der Waals surface area contributed by atoms with Crippen molar-refractivity contribution in [1.29, 1.82) is 0 Å². The van der Waals surface area contributed by atoms with Crippen molar-refractivity contribution in [3.63, 3.8) is 0 Å². The van der Waals surface area contributed by atoms with Gasteiger partial charge in [0.25, 0.3) is 5.91 Å². The average Bonchev–Trinajstić information content (AvgIpc) is 2.85. The van der Waals surface area contributed by atoms with Crippen LogP contribution in [0.2, 0.25) is 5.02 Å². The molecule has 7 heteroatoms. The van der Waals surface area contributed by atoms with Crippen LogP contribution in [-0.2, 0) is 13.0 Å². The number of nitrogens with zero attached hydrogens (tertiary/aromatic N) is 2. The van der Waals surface area contributed by atoms with Gasteiger partial charge in [-0.3, -0.25) is 9.69 Å². The summed E-state index contributed by atoms with van der Waals surface area (Å²) in [5, 5.41) is 3.59. The number of likely N-dealkylation sites (tertiary alicyclic amines) is 1. The van der Waals surface area contributed by atoms with Gasteiger partial charge in [-0.25, -0.2) is 4.98 Å². The fraction of sp³-hybridized carbons (Fsp3) is 0.379. The number of rotatable bonds is 9. The average molecular weight is 529 g/mol. The van der Waals surface area contributed by atoms with Gasteiger partial charge >= 0.3 is 0 Å². The summed E-state index contributed by atoms with van der Waals surface area (Å²) in [4.78, 5) is 20.0. The quantitative estimate of drug-likeness (QED) is 0.324. The summed E-state index contributed by atoms with van der Waals surface area (Å²) < 4.78 is 5.98. The summed E-state index contributed by atoms with van der Waals surface area (Å²) in [5.41, 5.74) is 3.66. The zero-order valence-electron chi connectivity index (χ0n) is 21.0. The summed E-state index contributed by atoms with van der Waals surface area (Å²) in [6.07, 6.45) is 4.44. The van der Waals surface area contributed by atoms with Crippen molar-refractivity contribution in [1.82, 2.24) is 9.88 Å². The molecule has 5 nitrogen and oxygen atoms in total. The molecule has 1 amide bonds. The third-order valence-electron chi connectivity index (χ3n) is 6.09. The Kier molecular flexibility index (Phi) is 10.6. The van der Waals surface area contributed by atoms with Gasteiger partial charge in [-0.05, 0) is 79.9 Å². The van der Waals surface area contributed by atoms with Gasteiger partial charge in [0.15, 0.2) is 0 Å². The molecule has 1 aliphatic heterocycles. The molecule has 192 valence electrons. The Morgan fingerprint density at radius 1 is 1.06 bits per heavy atom. The lowest BCUT2D eigenvalue weighted by Crippen LogP contribution is -2.29. The van der Waals surface area contributed by atoms with Crippen molar-refractivity contribution in [2.75, 3.05) is 25.0 Å². The fourth-order valence-corrected chi connectivity index (χ4v) is 4.45. The maximum Gasteiger partial charge on any atom is 0.256 e. The molecule has 36 heavy (non-hydrogen) atoms. The minimum Gasteiger partial charge on any atom is -0.493 e. The van der Waals surface area contributed by atoms with Crippen molar-refractivity contribution in [2.45, 2.75) is 46.1 Å². The van der Waals surface area contributed by atoms with Crippen LogP contribution in [0.5, 0.6) is 5.75 Å². The molecule has 3 aromatic rings. The normalized spacial score (nSPS) is 13.8. The van der Waals surface area contributed by atoms with E-state index in [-0.39, 0.29) is 18.3 Å². The topological polar surface area (TPSA) is 54.5 Å². The Morgan fingerprint density at radius 2 is 1.81 bits per heavy atom. The van der Waals surface area contributed by atoms with E-state index in [4.69, 9.17) is 16.3 Å². The first-order valence-electron chi connectivity index (χ1n) is 12.5. The van der Waals surface area contributed by atoms with E-state index < -0.39 is 0 Å². The summed E-state index contributed by atoms with van der Waals surface area (Å²) in [6.45, 7) is 8.12. The summed E-state index contributed by atoms with van der Waals surface area (Å²) in [5.74, 6) is 1.59. The number of halogens is 2. The number of hydrogen-bond donors (Lipinski definition) is 1. The third-order valence-corrected chi connectivity index (χ3v) is 6.32. The van der Waals surface area contributed by atoms with E-state index in [1.807, 2.05) is 54.6 Å². The molecule has 1 N–H and O–H groups in total. The van der Waals surface area contributed by atoms with Crippen molar-refractivity contribution in [3.8, 4) is 5.75 Å². The van der Waals surface area contributed by atoms with Gasteiger partial charge in [0.2, 0.25) is 0 Å². The molecular weight excluding hydrogens is 493 g/mol. The zero-order chi connectivity index (χ0) is 24.6. The lowest BCUT2D eigenvalue weighted by Gasteiger charge is -2.26. The van der Waals surface area contributed by atoms with Crippen LogP contribution in [0, 0.1) is 5.92 Å². The van der Waals surface area contributed by atoms with Crippen LogP contribution < -0.4 is 10.1 Å². The summed E-state index contributed by atoms with van der Waals surface area (Å²) in [6, 6.07) is 19.2. The number of nitrogens with one attached hydrogen (secondary N) is 1. The number of benzene rings is 2. The molecule has 4 rings (SSSR count). The smallest absolute Gasteiger partial charge is 0.256 e. The number of ether oxygens (including phenoxy) is 1. The van der Waals surface area contributed by atoms with E-state index in [1.54, 1.807) is 6.07 Å². The monoisotopic (exact) mass is 527 g/mol. The van der Waals surface area contributed by atoms with Crippen LogP contribution in [0.1, 0.15) is 60.3 Å². The van der Waals surface area contributed by atoms with E-state index >= 15 is 0 Å². The van der Waals surface area contributed by atoms with Crippen LogP contribution in [-0.4, -0.2) is 35.5 Å². The van der Waals surface area contributed by atoms with E-state index in [0.29, 0.717) is 35.3 Å². The highest BCUT2D eigenvalue weighted by atomic mass is 35.5. The third kappa shape index (κ3) is 8.22. The van der Waals surface area contributed by atoms with Gasteiger partial charge in [0.1, 0.15) is 11.6 Å². The van der Waals surface area contributed by atoms with Crippen LogP contribution >= 0.6 is 24.0 Å². The van der Waals surface area contributed by atoms with Gasteiger partial charge in [0, 0.05) is 34.8 Å². The molecule has 1 fully saturated rings. The Bertz CT molecular complexity index is 1130. The lowest BCUT2D eigenvalue weighted by atomic mass is 10.1. The molecular formula is C29H35Cl2N3O2. The molecule has 1 aromatic heterocycles. The number of carbonyl (C=O) groups is 1. The second-order valence-electron chi connectivity index (χ2n) is 9.64. The Hall–Kier alpha value is -2.60. The molecule has 0 saturated carbocycles. The highest BCUT2D eigenvalue weighted by Crippen LogP contribution is 2.26. The van der Waals surface area contributed by atoms with Crippen LogP contribution in [0.15, 0.2) is 60.7 Å². The number of aromatic nitrogens is 1. The van der Waals surface area contributed by atoms with E-state index in [2.05, 4.69) is 29.0 Å². The van der Waals surface area contributed by atoms with E-state index in [0.717, 1.165) is 36.6 Å². The minimum absolute atomic E-state index is 0. The van der Waals surface area contributed by atoms with Gasteiger partial charge in [-0.1, -0.05) is 50.1 Å². The predicted octanol–water partition coefficient (Wildman–Crippen LogP) is 7.02. The van der Waals surface area contributed by atoms with Crippen molar-refractivity contribution < 1.29 is 9.53 Å². The summed E-state index contributed by atoms with van der Waals surface area (Å²) in [7, 11) is 0. The van der Waals surface area contributed by atoms with Gasteiger partial charge in [0.05, 0.1) is 6.61 Å². The molecule has 1 saturated heterocycles. The van der Waals surface area contributed by atoms with Gasteiger partial charge < -0.3 is 10.1 Å². The van der Waals surface area contributed by atoms with E-state index in [1.165, 1.54) is 24.8 Å². The second kappa shape index (κ2) is 13.6. The molecule has 0 unspecified atom stereocenters. The predicted molar refractivity (Wildman–Crippen MR) is 150 cm³/mol. The van der Waals surface area contributed by atoms with Gasteiger partial charge in [-0.2, -0.15) is 0 Å². The van der Waals surface area contributed by atoms with E-state index in [9.17, 15) is 4.79 Å². The Labute approximate surface area is 225 Å². The highest BCUT2D eigenvalue weighted by Gasteiger charge is 2.13. The fourth-order valence-electron chi connectivity index (χ4n) is 4.25. The Balaban J connectivity index is 0.00000361. The molecule has 2 aromatic carbocycles. The van der Waals surface area contributed by atoms with Crippen LogP contribution in [0.4, 0.5) is 5.82 Å². The molecule has 0 radical (unpaired) electrons. The summed E-state index contributed by atoms with van der Waals surface area (Å²) >= 11 is 6.24. The van der Waals surface area contributed by atoms with Gasteiger partial charge in [-0.15, -0.1) is 12.4 Å². The molecule has 0 atom stereocenters. The first-order valence-corrected chi connectivity index (χ1v) is 12.8. The maximum absolute atomic E-state index is 12.8. The van der Waals surface area contributed by atoms with Crippen molar-refractivity contribution in [2.24, 2.45) is 5.92 Å². The van der Waals surface area contributed by atoms with Crippen molar-refractivity contribution >= 4 is 35.7 Å². The lowest BCUT2D eigenvalue weighted by molar-refractivity contribution is 0.102. The molecule has 2 heterocycles. The van der Waals surface area contributed by atoms with Crippen LogP contribution in [0.3, 0.4) is 0 Å². The maximum atomic E-state index is 12.8. The van der Waals surface area contributed by atoms with Crippen LogP contribution in [0.25, 0.3) is 0 Å². The Morgan fingerprint density at radius 3 is 2.53 bits per heavy atom. The molecule has 0 bridgehead atoms. The number of amides is 1. The molecule has 0 spiro atoms. The van der Waals surface area contributed by atoms with Crippen molar-refractivity contribution in [3.05, 3.63) is 88.1 Å². The SMILES string of the molecule is CC(C)COc1ccc(Cl)cc1Cc1cccc(NC(=O)c2ccc(CN3CCCCC3)cc2)n1.Cl. The highest BCUT2D eigenvalue weighted by molar-refractivity contribution is 6.30. The first kappa shape index (κ1) is 28.0. The molecule has 1 aliphatic rings. The second-order valence-corrected chi connectivity index (χ2v) is 10.1. The minimum atomic E-state index is -0.164. The standard InChI is InChI=1S/C29H34ClN3O2.ClH/c1-21(2)20-35-27-14-13-25(30)17-24(27)18-26-7-6-8-28(31-26)32-29(34)23-11-9-22(10-12-23)19-33-15-4-3-5-16-33;/h6-14,17,21H,3-5,15-16,18-20H2,1-2H3,(H,31,32,34);1H. The zero-order valence-corrected chi connectivity index (χ0v) is 22.6. The number of carbonyl (C=O) groups excluding carboxylic acids is 1. The molecule has 0 aliphatic carbocycles. The largest absolute Gasteiger partial charge is 0.493 e. The number of hydrogen-bond acceptors (Lipinski definition) is 4. The number of piperidine rings is 1. The number of anilines is 1. The number of pyridine rings is 1. The first-order chi connectivity index (χ1) is 17.0.